The van der Waals surface area contributed by atoms with Gasteiger partial charge in [0.05, 0.1) is 27.9 Å². The fraction of sp³-hybridized carbons (Fsp3) is 0.0588. The number of carbonyl (C=O) groups is 1. The number of methoxy groups -OCH3 is 1. The second kappa shape index (κ2) is 7.09. The van der Waals surface area contributed by atoms with Crippen molar-refractivity contribution in [1.29, 1.82) is 5.26 Å². The topological polar surface area (TPSA) is 70.3 Å². The molecule has 0 saturated heterocycles. The molecular weight excluding hydrogens is 393 g/mol. The van der Waals surface area contributed by atoms with E-state index in [9.17, 15) is 10.1 Å². The summed E-state index contributed by atoms with van der Waals surface area (Å²) >= 11 is 2.17. The molecule has 0 atom stereocenters. The highest BCUT2D eigenvalue weighted by Gasteiger charge is 2.06. The lowest BCUT2D eigenvalue weighted by molar-refractivity contribution is 0.0697. The molecule has 0 spiro atoms. The molecule has 0 aliphatic rings. The normalized spacial score (nSPS) is 10.9. The van der Waals surface area contributed by atoms with Gasteiger partial charge in [0.2, 0.25) is 0 Å². The summed E-state index contributed by atoms with van der Waals surface area (Å²) in [6.07, 6.45) is 1.76. The Kier molecular flexibility index (Phi) is 5.17. The van der Waals surface area contributed by atoms with Crippen LogP contribution in [0, 0.1) is 14.9 Å². The number of nitrogens with zero attached hydrogens (tertiary/aromatic N) is 1. The molecule has 0 radical (unpaired) electrons. The number of nitriles is 1. The van der Waals surface area contributed by atoms with Crippen LogP contribution in [0.1, 0.15) is 21.5 Å². The number of rotatable bonds is 4. The molecule has 1 N–H and O–H groups in total. The number of aromatic carboxylic acids is 1. The average molecular weight is 405 g/mol. The van der Waals surface area contributed by atoms with Gasteiger partial charge in [-0.05, 0) is 64.1 Å². The monoisotopic (exact) mass is 405 g/mol. The third kappa shape index (κ3) is 3.65. The van der Waals surface area contributed by atoms with Gasteiger partial charge in [0.1, 0.15) is 5.75 Å². The van der Waals surface area contributed by atoms with E-state index in [-0.39, 0.29) is 5.56 Å². The number of hydrogen-bond donors (Lipinski definition) is 1. The van der Waals surface area contributed by atoms with Crippen molar-refractivity contribution in [2.75, 3.05) is 7.11 Å². The zero-order chi connectivity index (χ0) is 16.1. The first-order valence-corrected chi connectivity index (χ1v) is 7.42. The molecule has 2 aromatic carbocycles. The molecule has 0 aliphatic carbocycles. The molecule has 0 amide bonds. The average Bonchev–Trinajstić information content (AvgIpc) is 2.53. The van der Waals surface area contributed by atoms with Crippen LogP contribution in [0.4, 0.5) is 0 Å². The largest absolute Gasteiger partial charge is 0.496 e. The summed E-state index contributed by atoms with van der Waals surface area (Å²) in [5, 5.41) is 18.2. The molecule has 5 heteroatoms. The maximum Gasteiger partial charge on any atom is 0.335 e. The van der Waals surface area contributed by atoms with Gasteiger partial charge in [-0.2, -0.15) is 5.26 Å². The zero-order valence-electron chi connectivity index (χ0n) is 11.7. The number of hydrogen-bond acceptors (Lipinski definition) is 3. The second-order valence-corrected chi connectivity index (χ2v) is 5.61. The van der Waals surface area contributed by atoms with Gasteiger partial charge in [-0.1, -0.05) is 18.2 Å². The maximum absolute atomic E-state index is 10.8. The van der Waals surface area contributed by atoms with Crippen LogP contribution < -0.4 is 4.74 Å². The van der Waals surface area contributed by atoms with Crippen LogP contribution in [-0.4, -0.2) is 18.2 Å². The van der Waals surface area contributed by atoms with Crippen molar-refractivity contribution < 1.29 is 14.6 Å². The molecular formula is C17H12INO3. The third-order valence-corrected chi connectivity index (χ3v) is 3.89. The fourth-order valence-corrected chi connectivity index (χ4v) is 2.67. The molecule has 22 heavy (non-hydrogen) atoms. The highest BCUT2D eigenvalue weighted by Crippen LogP contribution is 2.24. The van der Waals surface area contributed by atoms with Crippen molar-refractivity contribution in [2.24, 2.45) is 0 Å². The number of halogens is 1. The van der Waals surface area contributed by atoms with Gasteiger partial charge >= 0.3 is 5.97 Å². The molecule has 0 bridgehead atoms. The molecule has 0 aromatic heterocycles. The number of allylic oxidation sites excluding steroid dienone is 1. The Labute approximate surface area is 141 Å². The van der Waals surface area contributed by atoms with Gasteiger partial charge in [-0.15, -0.1) is 0 Å². The van der Waals surface area contributed by atoms with Crippen LogP contribution >= 0.6 is 22.6 Å². The number of carboxylic acids is 1. The summed E-state index contributed by atoms with van der Waals surface area (Å²) in [7, 11) is 1.61. The van der Waals surface area contributed by atoms with E-state index in [1.165, 1.54) is 12.1 Å². The SMILES string of the molecule is COc1ccc(/C=C(/C#N)c2ccc(C(=O)O)cc2)cc1I. The Morgan fingerprint density at radius 1 is 1.23 bits per heavy atom. The van der Waals surface area contributed by atoms with E-state index < -0.39 is 5.97 Å². The molecule has 2 rings (SSSR count). The van der Waals surface area contributed by atoms with Crippen molar-refractivity contribution in [3.8, 4) is 11.8 Å². The molecule has 0 saturated carbocycles. The summed E-state index contributed by atoms with van der Waals surface area (Å²) in [5.74, 6) is -0.208. The smallest absolute Gasteiger partial charge is 0.335 e. The van der Waals surface area contributed by atoms with Crippen LogP contribution in [0.2, 0.25) is 0 Å². The van der Waals surface area contributed by atoms with E-state index >= 15 is 0 Å². The van der Waals surface area contributed by atoms with Crippen molar-refractivity contribution in [3.63, 3.8) is 0 Å². The Hall–Kier alpha value is -2.33. The van der Waals surface area contributed by atoms with Crippen LogP contribution in [0.25, 0.3) is 11.6 Å². The highest BCUT2D eigenvalue weighted by atomic mass is 127. The number of ether oxygens (including phenoxy) is 1. The third-order valence-electron chi connectivity index (χ3n) is 3.05. The van der Waals surface area contributed by atoms with E-state index in [1.807, 2.05) is 18.2 Å². The van der Waals surface area contributed by atoms with Gasteiger partial charge in [0.25, 0.3) is 0 Å². The predicted octanol–water partition coefficient (Wildman–Crippen LogP) is 4.06. The molecule has 0 fully saturated rings. The summed E-state index contributed by atoms with van der Waals surface area (Å²) in [4.78, 5) is 10.8. The highest BCUT2D eigenvalue weighted by molar-refractivity contribution is 14.1. The standard InChI is InChI=1S/C17H12INO3/c1-22-16-7-2-11(9-15(16)18)8-14(10-19)12-3-5-13(6-4-12)17(20)21/h2-9H,1H3,(H,20,21)/b14-8-. The zero-order valence-corrected chi connectivity index (χ0v) is 13.9. The molecule has 110 valence electrons. The first kappa shape index (κ1) is 16.0. The van der Waals surface area contributed by atoms with E-state index in [2.05, 4.69) is 28.7 Å². The predicted molar refractivity (Wildman–Crippen MR) is 92.6 cm³/mol. The molecule has 0 unspecified atom stereocenters. The molecule has 4 nitrogen and oxygen atoms in total. The first-order chi connectivity index (χ1) is 10.5. The Balaban J connectivity index is 2.37. The lowest BCUT2D eigenvalue weighted by atomic mass is 10.0. The number of benzene rings is 2. The van der Waals surface area contributed by atoms with Crippen molar-refractivity contribution in [2.45, 2.75) is 0 Å². The first-order valence-electron chi connectivity index (χ1n) is 6.34. The maximum atomic E-state index is 10.8. The Bertz CT molecular complexity index is 773. The van der Waals surface area contributed by atoms with Crippen LogP contribution in [-0.2, 0) is 0 Å². The lowest BCUT2D eigenvalue weighted by Crippen LogP contribution is -1.95. The summed E-state index contributed by atoms with van der Waals surface area (Å²) < 4.78 is 6.15. The Morgan fingerprint density at radius 3 is 2.36 bits per heavy atom. The summed E-state index contributed by atoms with van der Waals surface area (Å²) in [5.41, 5.74) is 2.22. The molecule has 2 aromatic rings. The van der Waals surface area contributed by atoms with E-state index in [0.29, 0.717) is 11.1 Å². The van der Waals surface area contributed by atoms with Crippen LogP contribution in [0.15, 0.2) is 42.5 Å². The molecule has 0 aliphatic heterocycles. The minimum atomic E-state index is -0.987. The van der Waals surface area contributed by atoms with E-state index in [0.717, 1.165) is 14.9 Å². The van der Waals surface area contributed by atoms with Crippen LogP contribution in [0.5, 0.6) is 5.75 Å². The van der Waals surface area contributed by atoms with Crippen molar-refractivity contribution >= 4 is 40.2 Å². The second-order valence-electron chi connectivity index (χ2n) is 4.45. The Morgan fingerprint density at radius 2 is 1.86 bits per heavy atom. The lowest BCUT2D eigenvalue weighted by Gasteiger charge is -2.05. The summed E-state index contributed by atoms with van der Waals surface area (Å²) in [6.45, 7) is 0. The number of carboxylic acid groups (broad SMARTS) is 1. The van der Waals surface area contributed by atoms with E-state index in [4.69, 9.17) is 9.84 Å². The van der Waals surface area contributed by atoms with Crippen LogP contribution in [0.3, 0.4) is 0 Å². The van der Waals surface area contributed by atoms with Gasteiger partial charge in [-0.3, -0.25) is 0 Å². The van der Waals surface area contributed by atoms with Crippen molar-refractivity contribution in [3.05, 3.63) is 62.7 Å². The van der Waals surface area contributed by atoms with Gasteiger partial charge in [-0.25, -0.2) is 4.79 Å². The summed E-state index contributed by atoms with van der Waals surface area (Å²) in [6, 6.07) is 14.0. The minimum Gasteiger partial charge on any atom is -0.496 e. The van der Waals surface area contributed by atoms with Gasteiger partial charge < -0.3 is 9.84 Å². The van der Waals surface area contributed by atoms with E-state index in [1.54, 1.807) is 25.3 Å². The van der Waals surface area contributed by atoms with Gasteiger partial charge in [0.15, 0.2) is 0 Å². The fourth-order valence-electron chi connectivity index (χ4n) is 1.91. The van der Waals surface area contributed by atoms with Crippen molar-refractivity contribution in [1.82, 2.24) is 0 Å². The minimum absolute atomic E-state index is 0.194. The van der Waals surface area contributed by atoms with Gasteiger partial charge in [0, 0.05) is 0 Å². The molecule has 0 heterocycles. The quantitative estimate of drug-likeness (QED) is 0.473.